The van der Waals surface area contributed by atoms with E-state index in [0.29, 0.717) is 0 Å². The van der Waals surface area contributed by atoms with Gasteiger partial charge in [-0.1, -0.05) is 0 Å². The molecule has 1 rings (SSSR count). The number of nitro groups is 1. The zero-order chi connectivity index (χ0) is 16.9. The van der Waals surface area contributed by atoms with E-state index in [1.54, 1.807) is 0 Å². The molecule has 0 spiro atoms. The van der Waals surface area contributed by atoms with E-state index in [-0.39, 0.29) is 29.1 Å². The molecule has 122 valence electrons. The Labute approximate surface area is 127 Å². The summed E-state index contributed by atoms with van der Waals surface area (Å²) in [6.45, 7) is 1.24. The summed E-state index contributed by atoms with van der Waals surface area (Å²) in [6.07, 6.45) is -1.58. The first-order chi connectivity index (χ1) is 10.2. The summed E-state index contributed by atoms with van der Waals surface area (Å²) < 4.78 is 30.5. The first-order valence-corrected chi connectivity index (χ1v) is 7.68. The second-order valence-corrected chi connectivity index (χ2v) is 6.20. The molecule has 1 aromatic rings. The van der Waals surface area contributed by atoms with Gasteiger partial charge in [0.2, 0.25) is 10.0 Å². The van der Waals surface area contributed by atoms with Crippen LogP contribution in [0.4, 0.5) is 5.69 Å². The number of aliphatic hydroxyl groups excluding tert-OH is 1. The molecular formula is C12H16N2O7S. The number of aryl methyl sites for hydroxylation is 1. The summed E-state index contributed by atoms with van der Waals surface area (Å²) in [7, 11) is -2.78. The smallest absolute Gasteiger partial charge is 0.334 e. The number of nitrogens with zero attached hydrogens (tertiary/aromatic N) is 1. The van der Waals surface area contributed by atoms with Crippen molar-refractivity contribution >= 4 is 21.7 Å². The van der Waals surface area contributed by atoms with E-state index in [1.165, 1.54) is 13.0 Å². The largest absolute Gasteiger partial charge is 0.467 e. The van der Waals surface area contributed by atoms with Crippen molar-refractivity contribution in [3.05, 3.63) is 33.9 Å². The molecule has 0 fully saturated rings. The Hall–Kier alpha value is -2.04. The molecule has 1 aromatic carbocycles. The van der Waals surface area contributed by atoms with Crippen LogP contribution < -0.4 is 4.72 Å². The van der Waals surface area contributed by atoms with Gasteiger partial charge < -0.3 is 9.84 Å². The molecule has 10 heteroatoms. The van der Waals surface area contributed by atoms with Crippen molar-refractivity contribution in [3.63, 3.8) is 0 Å². The van der Waals surface area contributed by atoms with E-state index >= 15 is 0 Å². The number of hydrogen-bond donors (Lipinski definition) is 2. The molecule has 9 nitrogen and oxygen atoms in total. The monoisotopic (exact) mass is 332 g/mol. The van der Waals surface area contributed by atoms with Crippen molar-refractivity contribution < 1.29 is 28.0 Å². The number of rotatable bonds is 7. The average Bonchev–Trinajstić information content (AvgIpc) is 2.45. The summed E-state index contributed by atoms with van der Waals surface area (Å²) >= 11 is 0. The van der Waals surface area contributed by atoms with Crippen molar-refractivity contribution in [2.24, 2.45) is 0 Å². The lowest BCUT2D eigenvalue weighted by molar-refractivity contribution is -0.385. The Morgan fingerprint density at radius 2 is 2.14 bits per heavy atom. The van der Waals surface area contributed by atoms with Crippen LogP contribution in [0.15, 0.2) is 23.1 Å². The van der Waals surface area contributed by atoms with Gasteiger partial charge in [0.15, 0.2) is 6.10 Å². The van der Waals surface area contributed by atoms with Crippen LogP contribution in [0.3, 0.4) is 0 Å². The van der Waals surface area contributed by atoms with Gasteiger partial charge in [-0.05, 0) is 25.5 Å². The summed E-state index contributed by atoms with van der Waals surface area (Å²) in [5.41, 5.74) is 0.0301. The van der Waals surface area contributed by atoms with Crippen LogP contribution in [0.5, 0.6) is 0 Å². The van der Waals surface area contributed by atoms with E-state index in [0.717, 1.165) is 19.2 Å². The molecule has 2 N–H and O–H groups in total. The molecule has 0 aliphatic rings. The number of nitrogens with one attached hydrogen (secondary N) is 1. The number of nitro benzene ring substituents is 1. The van der Waals surface area contributed by atoms with Crippen LogP contribution in [0, 0.1) is 17.0 Å². The lowest BCUT2D eigenvalue weighted by Gasteiger charge is -2.10. The highest BCUT2D eigenvalue weighted by Crippen LogP contribution is 2.21. The highest BCUT2D eigenvalue weighted by atomic mass is 32.2. The number of methoxy groups -OCH3 is 1. The minimum atomic E-state index is -3.89. The van der Waals surface area contributed by atoms with E-state index < -0.39 is 27.0 Å². The Bertz CT molecular complexity index is 672. The van der Waals surface area contributed by atoms with E-state index in [1.807, 2.05) is 0 Å². The first kappa shape index (κ1) is 18.0. The fraction of sp³-hybridized carbons (Fsp3) is 0.417. The second-order valence-electron chi connectivity index (χ2n) is 4.43. The SMILES string of the molecule is COC(=O)[C@@H](O)CCNS(=O)(=O)c1ccc([N+](=O)[O-])c(C)c1. The standard InChI is InChI=1S/C12H16N2O7S/c1-8-7-9(3-4-10(8)14(17)18)22(19,20)13-6-5-11(15)12(16)21-2/h3-4,7,11,13,15H,5-6H2,1-2H3/t11-/m0/s1. The van der Waals surface area contributed by atoms with Gasteiger partial charge in [-0.15, -0.1) is 0 Å². The predicted octanol–water partition coefficient (Wildman–Crippen LogP) is 0.106. The first-order valence-electron chi connectivity index (χ1n) is 6.19. The minimum Gasteiger partial charge on any atom is -0.467 e. The Balaban J connectivity index is 2.77. The van der Waals surface area contributed by atoms with Crippen molar-refractivity contribution in [2.75, 3.05) is 13.7 Å². The number of benzene rings is 1. The van der Waals surface area contributed by atoms with E-state index in [9.17, 15) is 28.4 Å². The molecule has 0 bridgehead atoms. The topological polar surface area (TPSA) is 136 Å². The second kappa shape index (κ2) is 7.29. The lowest BCUT2D eigenvalue weighted by atomic mass is 10.2. The predicted molar refractivity (Wildman–Crippen MR) is 75.7 cm³/mol. The molecule has 0 heterocycles. The van der Waals surface area contributed by atoms with Crippen LogP contribution in [0.2, 0.25) is 0 Å². The number of aliphatic hydroxyl groups is 1. The Kier molecular flexibility index (Phi) is 5.97. The highest BCUT2D eigenvalue weighted by molar-refractivity contribution is 7.89. The molecule has 0 radical (unpaired) electrons. The van der Waals surface area contributed by atoms with Crippen LogP contribution in [-0.2, 0) is 19.6 Å². The maximum atomic E-state index is 12.0. The van der Waals surface area contributed by atoms with Gasteiger partial charge in [-0.2, -0.15) is 0 Å². The van der Waals surface area contributed by atoms with Crippen molar-refractivity contribution in [2.45, 2.75) is 24.3 Å². The molecule has 0 unspecified atom stereocenters. The molecule has 22 heavy (non-hydrogen) atoms. The molecule has 0 aliphatic carbocycles. The summed E-state index contributed by atoms with van der Waals surface area (Å²) in [5, 5.41) is 20.0. The third-order valence-corrected chi connectivity index (χ3v) is 4.32. The minimum absolute atomic E-state index is 0.136. The fourth-order valence-corrected chi connectivity index (χ4v) is 2.80. The maximum absolute atomic E-state index is 12.0. The number of carbonyl (C=O) groups is 1. The molecule has 0 amide bonds. The molecule has 0 saturated carbocycles. The number of esters is 1. The number of carbonyl (C=O) groups excluding carboxylic acids is 1. The van der Waals surface area contributed by atoms with Crippen LogP contribution in [-0.4, -0.2) is 44.2 Å². The van der Waals surface area contributed by atoms with Gasteiger partial charge >= 0.3 is 5.97 Å². The number of ether oxygens (including phenoxy) is 1. The van der Waals surface area contributed by atoms with Gasteiger partial charge in [0.1, 0.15) is 0 Å². The van der Waals surface area contributed by atoms with Gasteiger partial charge in [0.05, 0.1) is 16.9 Å². The van der Waals surface area contributed by atoms with Gasteiger partial charge in [-0.3, -0.25) is 10.1 Å². The third-order valence-electron chi connectivity index (χ3n) is 2.86. The van der Waals surface area contributed by atoms with Crippen molar-refractivity contribution in [1.82, 2.24) is 4.72 Å². The Morgan fingerprint density at radius 1 is 1.50 bits per heavy atom. The molecule has 1 atom stereocenters. The fourth-order valence-electron chi connectivity index (χ4n) is 1.67. The van der Waals surface area contributed by atoms with Gasteiger partial charge in [-0.25, -0.2) is 17.9 Å². The molecule has 0 aromatic heterocycles. The summed E-state index contributed by atoms with van der Waals surface area (Å²) in [4.78, 5) is 20.9. The quantitative estimate of drug-likeness (QED) is 0.410. The average molecular weight is 332 g/mol. The zero-order valence-corrected chi connectivity index (χ0v) is 12.8. The normalized spacial score (nSPS) is 12.7. The number of hydrogen-bond acceptors (Lipinski definition) is 7. The van der Waals surface area contributed by atoms with Crippen LogP contribution >= 0.6 is 0 Å². The molecular weight excluding hydrogens is 316 g/mol. The third kappa shape index (κ3) is 4.48. The van der Waals surface area contributed by atoms with Crippen LogP contribution in [0.1, 0.15) is 12.0 Å². The lowest BCUT2D eigenvalue weighted by Crippen LogP contribution is -2.30. The van der Waals surface area contributed by atoms with E-state index in [4.69, 9.17) is 0 Å². The van der Waals surface area contributed by atoms with Gasteiger partial charge in [0, 0.05) is 18.2 Å². The van der Waals surface area contributed by atoms with Crippen molar-refractivity contribution in [1.29, 1.82) is 0 Å². The van der Waals surface area contributed by atoms with E-state index in [2.05, 4.69) is 9.46 Å². The van der Waals surface area contributed by atoms with Crippen LogP contribution in [0.25, 0.3) is 0 Å². The number of sulfonamides is 1. The zero-order valence-electron chi connectivity index (χ0n) is 12.0. The Morgan fingerprint density at radius 3 is 2.64 bits per heavy atom. The van der Waals surface area contributed by atoms with Gasteiger partial charge in [0.25, 0.3) is 5.69 Å². The summed E-state index contributed by atoms with van der Waals surface area (Å²) in [5.74, 6) is -0.856. The maximum Gasteiger partial charge on any atom is 0.334 e. The molecule has 0 saturated heterocycles. The highest BCUT2D eigenvalue weighted by Gasteiger charge is 2.20. The van der Waals surface area contributed by atoms with Crippen molar-refractivity contribution in [3.8, 4) is 0 Å². The summed E-state index contributed by atoms with van der Waals surface area (Å²) in [6, 6.07) is 3.40. The molecule has 0 aliphatic heterocycles.